The molecule has 0 radical (unpaired) electrons. The Morgan fingerprint density at radius 1 is 1.54 bits per heavy atom. The summed E-state index contributed by atoms with van der Waals surface area (Å²) in [5.74, 6) is 0.0763. The van der Waals surface area contributed by atoms with Crippen LogP contribution in [0.25, 0.3) is 0 Å². The number of hydrogen-bond donors (Lipinski definition) is 2. The van der Waals surface area contributed by atoms with Gasteiger partial charge in [-0.25, -0.2) is 0 Å². The summed E-state index contributed by atoms with van der Waals surface area (Å²) in [5, 5.41) is 2.95. The van der Waals surface area contributed by atoms with Crippen molar-refractivity contribution in [2.24, 2.45) is 5.73 Å². The molecule has 76 valence electrons. The fourth-order valence-electron chi connectivity index (χ4n) is 1.71. The second-order valence-corrected chi connectivity index (χ2v) is 4.01. The fourth-order valence-corrected chi connectivity index (χ4v) is 1.71. The SMILES string of the molecule is CN(C)CC(=O)NC1CCCC1N. The number of hydrogen-bond acceptors (Lipinski definition) is 3. The van der Waals surface area contributed by atoms with Gasteiger partial charge in [0.15, 0.2) is 0 Å². The topological polar surface area (TPSA) is 58.4 Å². The van der Waals surface area contributed by atoms with Crippen molar-refractivity contribution in [3.05, 3.63) is 0 Å². The van der Waals surface area contributed by atoms with Crippen molar-refractivity contribution in [3.63, 3.8) is 0 Å². The van der Waals surface area contributed by atoms with Gasteiger partial charge in [0.05, 0.1) is 6.54 Å². The highest BCUT2D eigenvalue weighted by molar-refractivity contribution is 5.78. The van der Waals surface area contributed by atoms with Gasteiger partial charge in [-0.1, -0.05) is 0 Å². The molecule has 1 saturated carbocycles. The molecular weight excluding hydrogens is 166 g/mol. The maximum absolute atomic E-state index is 11.3. The van der Waals surface area contributed by atoms with Crippen LogP contribution >= 0.6 is 0 Å². The van der Waals surface area contributed by atoms with E-state index in [1.165, 1.54) is 0 Å². The summed E-state index contributed by atoms with van der Waals surface area (Å²) < 4.78 is 0. The van der Waals surface area contributed by atoms with E-state index in [-0.39, 0.29) is 18.0 Å². The number of carbonyl (C=O) groups is 1. The number of amides is 1. The number of nitrogens with two attached hydrogens (primary N) is 1. The molecule has 0 saturated heterocycles. The van der Waals surface area contributed by atoms with Gasteiger partial charge in [-0.3, -0.25) is 4.79 Å². The summed E-state index contributed by atoms with van der Waals surface area (Å²) in [7, 11) is 3.77. The molecule has 4 heteroatoms. The van der Waals surface area contributed by atoms with Crippen LogP contribution in [0.1, 0.15) is 19.3 Å². The highest BCUT2D eigenvalue weighted by atomic mass is 16.2. The van der Waals surface area contributed by atoms with E-state index in [1.807, 2.05) is 19.0 Å². The number of likely N-dealkylation sites (N-methyl/N-ethyl adjacent to an activating group) is 1. The zero-order valence-corrected chi connectivity index (χ0v) is 8.42. The number of nitrogens with zero attached hydrogens (tertiary/aromatic N) is 1. The van der Waals surface area contributed by atoms with Gasteiger partial charge in [-0.05, 0) is 33.4 Å². The van der Waals surface area contributed by atoms with Crippen molar-refractivity contribution in [2.75, 3.05) is 20.6 Å². The Morgan fingerprint density at radius 3 is 2.69 bits per heavy atom. The van der Waals surface area contributed by atoms with E-state index < -0.39 is 0 Å². The van der Waals surface area contributed by atoms with Crippen LogP contribution in [0.4, 0.5) is 0 Å². The van der Waals surface area contributed by atoms with Crippen LogP contribution in [-0.2, 0) is 4.79 Å². The van der Waals surface area contributed by atoms with Crippen molar-refractivity contribution in [3.8, 4) is 0 Å². The molecule has 1 aliphatic rings. The molecule has 0 heterocycles. The maximum atomic E-state index is 11.3. The lowest BCUT2D eigenvalue weighted by Crippen LogP contribution is -2.46. The summed E-state index contributed by atoms with van der Waals surface area (Å²) in [4.78, 5) is 13.2. The molecule has 0 aromatic carbocycles. The average molecular weight is 185 g/mol. The van der Waals surface area contributed by atoms with Crippen LogP contribution in [0, 0.1) is 0 Å². The lowest BCUT2D eigenvalue weighted by atomic mass is 10.2. The first-order valence-electron chi connectivity index (χ1n) is 4.79. The van der Waals surface area contributed by atoms with Crippen LogP contribution in [0.2, 0.25) is 0 Å². The lowest BCUT2D eigenvalue weighted by Gasteiger charge is -2.18. The quantitative estimate of drug-likeness (QED) is 0.626. The molecule has 0 bridgehead atoms. The van der Waals surface area contributed by atoms with Gasteiger partial charge < -0.3 is 16.0 Å². The predicted molar refractivity (Wildman–Crippen MR) is 52.3 cm³/mol. The molecule has 3 N–H and O–H groups in total. The normalized spacial score (nSPS) is 28.0. The maximum Gasteiger partial charge on any atom is 0.234 e. The van der Waals surface area contributed by atoms with Crippen LogP contribution < -0.4 is 11.1 Å². The van der Waals surface area contributed by atoms with Crippen molar-refractivity contribution < 1.29 is 4.79 Å². The Labute approximate surface area is 79.5 Å². The minimum atomic E-state index is 0.0763. The minimum absolute atomic E-state index is 0.0763. The Kier molecular flexibility index (Phi) is 3.69. The molecular formula is C9H19N3O. The van der Waals surface area contributed by atoms with Crippen LogP contribution in [0.15, 0.2) is 0 Å². The largest absolute Gasteiger partial charge is 0.351 e. The summed E-state index contributed by atoms with van der Waals surface area (Å²) in [6.45, 7) is 0.448. The second-order valence-electron chi connectivity index (χ2n) is 4.01. The smallest absolute Gasteiger partial charge is 0.234 e. The van der Waals surface area contributed by atoms with E-state index in [1.54, 1.807) is 0 Å². The third kappa shape index (κ3) is 3.32. The van der Waals surface area contributed by atoms with Gasteiger partial charge in [-0.15, -0.1) is 0 Å². The van der Waals surface area contributed by atoms with Crippen LogP contribution in [0.3, 0.4) is 0 Å². The molecule has 0 aliphatic heterocycles. The van der Waals surface area contributed by atoms with E-state index in [0.29, 0.717) is 6.54 Å². The van der Waals surface area contributed by atoms with Gasteiger partial charge in [0.25, 0.3) is 0 Å². The van der Waals surface area contributed by atoms with E-state index in [2.05, 4.69) is 5.32 Å². The van der Waals surface area contributed by atoms with E-state index in [9.17, 15) is 4.79 Å². The number of nitrogens with one attached hydrogen (secondary N) is 1. The summed E-state index contributed by atoms with van der Waals surface area (Å²) in [6.07, 6.45) is 3.20. The second kappa shape index (κ2) is 4.58. The Bertz CT molecular complexity index is 182. The third-order valence-corrected chi connectivity index (χ3v) is 2.38. The molecule has 0 aromatic heterocycles. The molecule has 2 atom stereocenters. The van der Waals surface area contributed by atoms with Crippen molar-refractivity contribution in [1.29, 1.82) is 0 Å². The zero-order valence-electron chi connectivity index (χ0n) is 8.42. The first-order valence-corrected chi connectivity index (χ1v) is 4.79. The molecule has 0 spiro atoms. The van der Waals surface area contributed by atoms with E-state index >= 15 is 0 Å². The number of rotatable bonds is 3. The minimum Gasteiger partial charge on any atom is -0.351 e. The summed E-state index contributed by atoms with van der Waals surface area (Å²) in [6, 6.07) is 0.360. The first-order chi connectivity index (χ1) is 6.09. The van der Waals surface area contributed by atoms with Gasteiger partial charge in [0, 0.05) is 12.1 Å². The Balaban J connectivity index is 2.27. The van der Waals surface area contributed by atoms with Gasteiger partial charge >= 0.3 is 0 Å². The Hall–Kier alpha value is -0.610. The molecule has 1 rings (SSSR count). The van der Waals surface area contributed by atoms with Crippen LogP contribution in [0.5, 0.6) is 0 Å². The zero-order chi connectivity index (χ0) is 9.84. The van der Waals surface area contributed by atoms with E-state index in [4.69, 9.17) is 5.73 Å². The molecule has 13 heavy (non-hydrogen) atoms. The van der Waals surface area contributed by atoms with Crippen molar-refractivity contribution in [2.45, 2.75) is 31.3 Å². The van der Waals surface area contributed by atoms with Crippen molar-refractivity contribution in [1.82, 2.24) is 10.2 Å². The first kappa shape index (κ1) is 10.5. The van der Waals surface area contributed by atoms with Crippen molar-refractivity contribution >= 4 is 5.91 Å². The molecule has 0 aromatic rings. The molecule has 2 unspecified atom stereocenters. The van der Waals surface area contributed by atoms with Crippen LogP contribution in [-0.4, -0.2) is 43.5 Å². The monoisotopic (exact) mass is 185 g/mol. The summed E-state index contributed by atoms with van der Waals surface area (Å²) in [5.41, 5.74) is 5.83. The van der Waals surface area contributed by atoms with Gasteiger partial charge in [0.2, 0.25) is 5.91 Å². The average Bonchev–Trinajstić information content (AvgIpc) is 2.34. The molecule has 1 amide bonds. The summed E-state index contributed by atoms with van der Waals surface area (Å²) >= 11 is 0. The number of carbonyl (C=O) groups excluding carboxylic acids is 1. The molecule has 4 nitrogen and oxygen atoms in total. The molecule has 1 aliphatic carbocycles. The highest BCUT2D eigenvalue weighted by Gasteiger charge is 2.24. The van der Waals surface area contributed by atoms with Gasteiger partial charge in [0.1, 0.15) is 0 Å². The predicted octanol–water partition coefficient (Wildman–Crippen LogP) is -0.456. The Morgan fingerprint density at radius 2 is 2.23 bits per heavy atom. The standard InChI is InChI=1S/C9H19N3O/c1-12(2)6-9(13)11-8-5-3-4-7(8)10/h7-8H,3-6,10H2,1-2H3,(H,11,13). The van der Waals surface area contributed by atoms with E-state index in [0.717, 1.165) is 19.3 Å². The fraction of sp³-hybridized carbons (Fsp3) is 0.889. The highest BCUT2D eigenvalue weighted by Crippen LogP contribution is 2.16. The van der Waals surface area contributed by atoms with Gasteiger partial charge in [-0.2, -0.15) is 0 Å². The third-order valence-electron chi connectivity index (χ3n) is 2.38. The lowest BCUT2D eigenvalue weighted by molar-refractivity contribution is -0.122. The molecule has 1 fully saturated rings.